The van der Waals surface area contributed by atoms with Gasteiger partial charge in [-0.05, 0) is 12.5 Å². The number of ether oxygens (including phenoxy) is 1. The van der Waals surface area contributed by atoms with E-state index in [9.17, 15) is 9.18 Å². The largest absolute Gasteiger partial charge is 0.471 e. The Balaban J connectivity index is 2.25. The number of urea groups is 1. The fourth-order valence-corrected chi connectivity index (χ4v) is 1.98. The van der Waals surface area contributed by atoms with Crippen LogP contribution in [0.5, 0.6) is 0 Å². The lowest BCUT2D eigenvalue weighted by Gasteiger charge is -2.33. The van der Waals surface area contributed by atoms with Gasteiger partial charge in [-0.1, -0.05) is 13.5 Å². The summed E-state index contributed by atoms with van der Waals surface area (Å²) in [5.74, 6) is 0.390. The third kappa shape index (κ3) is 1.66. The fraction of sp³-hybridized carbons (Fsp3) is 0.545. The molecule has 0 bridgehead atoms. The van der Waals surface area contributed by atoms with Gasteiger partial charge in [0, 0.05) is 19.2 Å². The van der Waals surface area contributed by atoms with E-state index in [1.807, 2.05) is 0 Å². The van der Waals surface area contributed by atoms with Crippen LogP contribution in [0.2, 0.25) is 0 Å². The Bertz CT molecular complexity index is 356. The summed E-state index contributed by atoms with van der Waals surface area (Å²) in [6, 6.07) is -0.335. The van der Waals surface area contributed by atoms with Gasteiger partial charge >= 0.3 is 6.03 Å². The first-order valence-electron chi connectivity index (χ1n) is 5.33. The molecular formula is C11H15FN2O2. The topological polar surface area (TPSA) is 41.6 Å². The van der Waals surface area contributed by atoms with E-state index in [1.165, 1.54) is 4.90 Å². The van der Waals surface area contributed by atoms with Crippen molar-refractivity contribution in [3.8, 4) is 0 Å². The molecule has 0 aromatic rings. The summed E-state index contributed by atoms with van der Waals surface area (Å²) in [4.78, 5) is 12.8. The molecule has 2 unspecified atom stereocenters. The summed E-state index contributed by atoms with van der Waals surface area (Å²) in [7, 11) is 0. The van der Waals surface area contributed by atoms with Crippen LogP contribution >= 0.6 is 0 Å². The monoisotopic (exact) mass is 226 g/mol. The molecule has 0 radical (unpaired) electrons. The SMILES string of the molecule is C=C1CC(F)(CC)C(N2C=CCNC2=O)O1. The van der Waals surface area contributed by atoms with Crippen LogP contribution < -0.4 is 5.32 Å². The number of carbonyl (C=O) groups is 1. The summed E-state index contributed by atoms with van der Waals surface area (Å²) in [6.07, 6.45) is 2.84. The van der Waals surface area contributed by atoms with E-state index in [2.05, 4.69) is 11.9 Å². The van der Waals surface area contributed by atoms with Crippen LogP contribution in [-0.4, -0.2) is 29.4 Å². The van der Waals surface area contributed by atoms with Crippen molar-refractivity contribution in [2.75, 3.05) is 6.54 Å². The van der Waals surface area contributed by atoms with E-state index < -0.39 is 11.9 Å². The first kappa shape index (κ1) is 11.0. The molecule has 1 fully saturated rings. The van der Waals surface area contributed by atoms with E-state index in [-0.39, 0.29) is 18.9 Å². The predicted octanol–water partition coefficient (Wildman–Crippen LogP) is 1.90. The average Bonchev–Trinajstić information content (AvgIpc) is 2.56. The molecule has 0 spiro atoms. The maximum atomic E-state index is 14.5. The molecule has 2 heterocycles. The number of rotatable bonds is 2. The second kappa shape index (κ2) is 3.81. The number of hydrogen-bond donors (Lipinski definition) is 1. The highest BCUT2D eigenvalue weighted by Crippen LogP contribution is 2.40. The van der Waals surface area contributed by atoms with Crippen LogP contribution in [0.1, 0.15) is 19.8 Å². The normalized spacial score (nSPS) is 33.9. The summed E-state index contributed by atoms with van der Waals surface area (Å²) < 4.78 is 19.8. The molecule has 2 amide bonds. The minimum atomic E-state index is -1.55. The highest BCUT2D eigenvalue weighted by atomic mass is 19.1. The van der Waals surface area contributed by atoms with Gasteiger partial charge < -0.3 is 10.1 Å². The predicted molar refractivity (Wildman–Crippen MR) is 57.1 cm³/mol. The van der Waals surface area contributed by atoms with Gasteiger partial charge in [-0.25, -0.2) is 9.18 Å². The first-order chi connectivity index (χ1) is 7.57. The summed E-state index contributed by atoms with van der Waals surface area (Å²) >= 11 is 0. The third-order valence-electron chi connectivity index (χ3n) is 2.92. The number of hydrogen-bond acceptors (Lipinski definition) is 2. The highest BCUT2D eigenvalue weighted by Gasteiger charge is 2.50. The van der Waals surface area contributed by atoms with Crippen molar-refractivity contribution in [1.82, 2.24) is 10.2 Å². The Kier molecular flexibility index (Phi) is 2.61. The fourth-order valence-electron chi connectivity index (χ4n) is 1.98. The lowest BCUT2D eigenvalue weighted by atomic mass is 9.97. The van der Waals surface area contributed by atoms with Crippen LogP contribution in [0.4, 0.5) is 9.18 Å². The van der Waals surface area contributed by atoms with Crippen molar-refractivity contribution in [3.05, 3.63) is 24.6 Å². The Morgan fingerprint density at radius 3 is 3.19 bits per heavy atom. The van der Waals surface area contributed by atoms with Crippen LogP contribution in [0, 0.1) is 0 Å². The molecule has 0 aromatic heterocycles. The maximum Gasteiger partial charge on any atom is 0.324 e. The molecule has 2 rings (SSSR count). The lowest BCUT2D eigenvalue weighted by molar-refractivity contribution is -0.0376. The van der Waals surface area contributed by atoms with E-state index in [0.717, 1.165) is 0 Å². The van der Waals surface area contributed by atoms with Crippen molar-refractivity contribution in [2.45, 2.75) is 31.7 Å². The molecule has 0 aliphatic carbocycles. The van der Waals surface area contributed by atoms with E-state index in [1.54, 1.807) is 19.2 Å². The molecule has 1 saturated heterocycles. The Morgan fingerprint density at radius 1 is 1.81 bits per heavy atom. The zero-order valence-electron chi connectivity index (χ0n) is 9.20. The molecule has 2 aliphatic heterocycles. The second-order valence-corrected chi connectivity index (χ2v) is 4.05. The van der Waals surface area contributed by atoms with Crippen molar-refractivity contribution < 1.29 is 13.9 Å². The zero-order chi connectivity index (χ0) is 11.8. The van der Waals surface area contributed by atoms with Crippen LogP contribution in [0.3, 0.4) is 0 Å². The Morgan fingerprint density at radius 2 is 2.56 bits per heavy atom. The van der Waals surface area contributed by atoms with Crippen molar-refractivity contribution >= 4 is 6.03 Å². The Hall–Kier alpha value is -1.52. The van der Waals surface area contributed by atoms with E-state index >= 15 is 0 Å². The number of allylic oxidation sites excluding steroid dienone is 1. The van der Waals surface area contributed by atoms with Crippen LogP contribution in [0.15, 0.2) is 24.6 Å². The standard InChI is InChI=1S/C11H15FN2O2/c1-3-11(12)7-8(2)16-9(11)14-6-4-5-13-10(14)15/h4,6,9H,2-3,5,7H2,1H3,(H,13,15). The molecule has 88 valence electrons. The maximum absolute atomic E-state index is 14.5. The second-order valence-electron chi connectivity index (χ2n) is 4.05. The highest BCUT2D eigenvalue weighted by molar-refractivity contribution is 5.76. The minimum Gasteiger partial charge on any atom is -0.471 e. The van der Waals surface area contributed by atoms with E-state index in [0.29, 0.717) is 12.3 Å². The summed E-state index contributed by atoms with van der Waals surface area (Å²) in [6.45, 7) is 5.83. The molecular weight excluding hydrogens is 211 g/mol. The first-order valence-corrected chi connectivity index (χ1v) is 5.33. The molecule has 0 saturated carbocycles. The van der Waals surface area contributed by atoms with Crippen LogP contribution in [-0.2, 0) is 4.74 Å². The van der Waals surface area contributed by atoms with Crippen molar-refractivity contribution in [1.29, 1.82) is 0 Å². The molecule has 5 heteroatoms. The molecule has 2 atom stereocenters. The van der Waals surface area contributed by atoms with Crippen molar-refractivity contribution in [2.24, 2.45) is 0 Å². The van der Waals surface area contributed by atoms with Gasteiger partial charge in [-0.15, -0.1) is 0 Å². The number of alkyl halides is 1. The van der Waals surface area contributed by atoms with Gasteiger partial charge in [0.05, 0.1) is 5.76 Å². The molecule has 4 nitrogen and oxygen atoms in total. The third-order valence-corrected chi connectivity index (χ3v) is 2.92. The summed E-state index contributed by atoms with van der Waals surface area (Å²) in [5.41, 5.74) is -1.55. The smallest absolute Gasteiger partial charge is 0.324 e. The molecule has 0 aromatic carbocycles. The number of nitrogens with one attached hydrogen (secondary N) is 1. The zero-order valence-corrected chi connectivity index (χ0v) is 9.20. The number of carbonyl (C=O) groups excluding carboxylic acids is 1. The van der Waals surface area contributed by atoms with Gasteiger partial charge in [0.25, 0.3) is 0 Å². The van der Waals surface area contributed by atoms with Gasteiger partial charge in [0.2, 0.25) is 6.23 Å². The van der Waals surface area contributed by atoms with Gasteiger partial charge in [-0.3, -0.25) is 4.90 Å². The minimum absolute atomic E-state index is 0.145. The van der Waals surface area contributed by atoms with Gasteiger partial charge in [0.1, 0.15) is 0 Å². The van der Waals surface area contributed by atoms with Gasteiger partial charge in [-0.2, -0.15) is 0 Å². The number of halogens is 1. The van der Waals surface area contributed by atoms with Crippen molar-refractivity contribution in [3.63, 3.8) is 0 Å². The number of amides is 2. The van der Waals surface area contributed by atoms with E-state index in [4.69, 9.17) is 4.74 Å². The molecule has 16 heavy (non-hydrogen) atoms. The quantitative estimate of drug-likeness (QED) is 0.781. The Labute approximate surface area is 93.7 Å². The molecule has 2 aliphatic rings. The summed E-state index contributed by atoms with van der Waals surface area (Å²) in [5, 5.41) is 2.61. The molecule has 1 N–H and O–H groups in total. The number of nitrogens with zero attached hydrogens (tertiary/aromatic N) is 1. The van der Waals surface area contributed by atoms with Crippen LogP contribution in [0.25, 0.3) is 0 Å². The average molecular weight is 226 g/mol. The van der Waals surface area contributed by atoms with Gasteiger partial charge in [0.15, 0.2) is 5.67 Å². The lowest BCUT2D eigenvalue weighted by Crippen LogP contribution is -2.52.